The van der Waals surface area contributed by atoms with Crippen molar-refractivity contribution in [3.63, 3.8) is 0 Å². The number of hydrogen-bond donors (Lipinski definition) is 3. The number of primary amides is 1. The van der Waals surface area contributed by atoms with Gasteiger partial charge in [0.25, 0.3) is 0 Å². The first kappa shape index (κ1) is 24.4. The number of piperidine rings is 1. The van der Waals surface area contributed by atoms with Crippen molar-refractivity contribution in [2.45, 2.75) is 38.1 Å². The molecular formula is C21H33IN6O2. The monoisotopic (exact) mass is 528 g/mol. The van der Waals surface area contributed by atoms with Gasteiger partial charge in [0.2, 0.25) is 11.8 Å². The van der Waals surface area contributed by atoms with Crippen LogP contribution in [0.5, 0.6) is 0 Å². The van der Waals surface area contributed by atoms with Crippen LogP contribution < -0.4 is 21.3 Å². The van der Waals surface area contributed by atoms with Gasteiger partial charge in [0.1, 0.15) is 0 Å². The van der Waals surface area contributed by atoms with Crippen molar-refractivity contribution in [2.75, 3.05) is 44.7 Å². The summed E-state index contributed by atoms with van der Waals surface area (Å²) in [6, 6.07) is 8.46. The number of benzene rings is 1. The maximum Gasteiger partial charge on any atom is 0.231 e. The Morgan fingerprint density at radius 1 is 1.20 bits per heavy atom. The summed E-state index contributed by atoms with van der Waals surface area (Å²) in [5, 5.41) is 6.74. The molecule has 0 aromatic heterocycles. The van der Waals surface area contributed by atoms with Crippen LogP contribution in [0.4, 0.5) is 5.69 Å². The number of guanidine groups is 1. The molecule has 3 rings (SSSR count). The number of aliphatic imine (C=N–C) groups is 1. The number of likely N-dealkylation sites (tertiary alicyclic amines) is 1. The molecule has 0 aliphatic carbocycles. The summed E-state index contributed by atoms with van der Waals surface area (Å²) in [7, 11) is 1.75. The molecule has 4 N–H and O–H groups in total. The molecule has 2 heterocycles. The minimum Gasteiger partial charge on any atom is -0.369 e. The summed E-state index contributed by atoms with van der Waals surface area (Å²) in [6.07, 6.45) is 4.11. The van der Waals surface area contributed by atoms with Gasteiger partial charge in [0.15, 0.2) is 5.96 Å². The van der Waals surface area contributed by atoms with Gasteiger partial charge in [-0.1, -0.05) is 18.2 Å². The highest BCUT2D eigenvalue weighted by molar-refractivity contribution is 14.0. The van der Waals surface area contributed by atoms with Crippen LogP contribution in [0, 0.1) is 0 Å². The molecule has 2 aliphatic heterocycles. The normalized spacial score (nSPS) is 17.2. The highest BCUT2D eigenvalue weighted by Gasteiger charge is 2.24. The van der Waals surface area contributed by atoms with Crippen LogP contribution >= 0.6 is 24.0 Å². The Balaban J connectivity index is 0.00000320. The Kier molecular flexibility index (Phi) is 9.83. The molecule has 30 heavy (non-hydrogen) atoms. The lowest BCUT2D eigenvalue weighted by Crippen LogP contribution is -2.50. The molecule has 0 bridgehead atoms. The van der Waals surface area contributed by atoms with Gasteiger partial charge in [0.05, 0.1) is 6.54 Å². The zero-order chi connectivity index (χ0) is 20.6. The van der Waals surface area contributed by atoms with Gasteiger partial charge in [-0.2, -0.15) is 0 Å². The number of carbonyl (C=O) groups is 2. The fraction of sp³-hybridized carbons (Fsp3) is 0.571. The number of fused-ring (bicyclic) bond motifs is 1. The van der Waals surface area contributed by atoms with Gasteiger partial charge in [-0.3, -0.25) is 19.5 Å². The Morgan fingerprint density at radius 3 is 2.63 bits per heavy atom. The predicted octanol–water partition coefficient (Wildman–Crippen LogP) is 1.09. The largest absolute Gasteiger partial charge is 0.369 e. The topological polar surface area (TPSA) is 103 Å². The van der Waals surface area contributed by atoms with Gasteiger partial charge >= 0.3 is 0 Å². The third kappa shape index (κ3) is 6.83. The van der Waals surface area contributed by atoms with Crippen molar-refractivity contribution < 1.29 is 9.59 Å². The molecule has 1 fully saturated rings. The van der Waals surface area contributed by atoms with Crippen LogP contribution in [0.2, 0.25) is 0 Å². The summed E-state index contributed by atoms with van der Waals surface area (Å²) >= 11 is 0. The molecule has 0 atom stereocenters. The summed E-state index contributed by atoms with van der Waals surface area (Å²) in [4.78, 5) is 31.9. The molecule has 0 radical (unpaired) electrons. The number of nitrogens with one attached hydrogen (secondary N) is 2. The van der Waals surface area contributed by atoms with Crippen LogP contribution in [0.1, 0.15) is 31.2 Å². The molecular weight excluding hydrogens is 495 g/mol. The van der Waals surface area contributed by atoms with E-state index >= 15 is 0 Å². The van der Waals surface area contributed by atoms with E-state index in [9.17, 15) is 9.59 Å². The molecule has 2 amide bonds. The van der Waals surface area contributed by atoms with Gasteiger partial charge in [0, 0.05) is 51.4 Å². The second-order valence-electron chi connectivity index (χ2n) is 7.69. The molecule has 1 aromatic carbocycles. The van der Waals surface area contributed by atoms with E-state index in [0.717, 1.165) is 57.0 Å². The predicted molar refractivity (Wildman–Crippen MR) is 130 cm³/mol. The van der Waals surface area contributed by atoms with Crippen molar-refractivity contribution in [2.24, 2.45) is 10.7 Å². The molecule has 166 valence electrons. The van der Waals surface area contributed by atoms with Gasteiger partial charge in [-0.15, -0.1) is 24.0 Å². The first-order chi connectivity index (χ1) is 14.1. The SMILES string of the molecule is CN=C(NCCCC(=O)N1CCc2ccccc21)NC1CCN(CC(N)=O)CC1.I. The maximum absolute atomic E-state index is 12.6. The maximum atomic E-state index is 12.6. The fourth-order valence-electron chi connectivity index (χ4n) is 4.02. The molecule has 0 spiro atoms. The summed E-state index contributed by atoms with van der Waals surface area (Å²) in [5.41, 5.74) is 7.58. The van der Waals surface area contributed by atoms with Crippen molar-refractivity contribution in [3.05, 3.63) is 29.8 Å². The number of amides is 2. The number of nitrogens with zero attached hydrogens (tertiary/aromatic N) is 3. The average molecular weight is 528 g/mol. The van der Waals surface area contributed by atoms with E-state index in [0.29, 0.717) is 25.6 Å². The van der Waals surface area contributed by atoms with Gasteiger partial charge < -0.3 is 21.3 Å². The van der Waals surface area contributed by atoms with E-state index in [1.54, 1.807) is 7.05 Å². The highest BCUT2D eigenvalue weighted by Crippen LogP contribution is 2.27. The quantitative estimate of drug-likeness (QED) is 0.213. The number of para-hydroxylation sites is 1. The van der Waals surface area contributed by atoms with Crippen LogP contribution in [0.3, 0.4) is 0 Å². The number of rotatable bonds is 7. The van der Waals surface area contributed by atoms with E-state index in [2.05, 4.69) is 26.6 Å². The Labute approximate surface area is 195 Å². The van der Waals surface area contributed by atoms with Crippen molar-refractivity contribution in [3.8, 4) is 0 Å². The smallest absolute Gasteiger partial charge is 0.231 e. The summed E-state index contributed by atoms with van der Waals surface area (Å²) in [5.74, 6) is 0.666. The minimum atomic E-state index is -0.277. The minimum absolute atomic E-state index is 0. The summed E-state index contributed by atoms with van der Waals surface area (Å²) < 4.78 is 0. The first-order valence-corrected chi connectivity index (χ1v) is 10.4. The molecule has 2 aliphatic rings. The lowest BCUT2D eigenvalue weighted by Gasteiger charge is -2.32. The second-order valence-corrected chi connectivity index (χ2v) is 7.69. The Morgan fingerprint density at radius 2 is 1.93 bits per heavy atom. The number of carbonyl (C=O) groups excluding carboxylic acids is 2. The highest BCUT2D eigenvalue weighted by atomic mass is 127. The van der Waals surface area contributed by atoms with Crippen LogP contribution in [0.25, 0.3) is 0 Å². The third-order valence-corrected chi connectivity index (χ3v) is 5.58. The number of nitrogens with two attached hydrogens (primary N) is 1. The zero-order valence-electron chi connectivity index (χ0n) is 17.6. The van der Waals surface area contributed by atoms with E-state index in [-0.39, 0.29) is 35.8 Å². The van der Waals surface area contributed by atoms with Gasteiger partial charge in [-0.25, -0.2) is 0 Å². The number of halogens is 1. The lowest BCUT2D eigenvalue weighted by atomic mass is 10.1. The summed E-state index contributed by atoms with van der Waals surface area (Å²) in [6.45, 7) is 3.51. The van der Waals surface area contributed by atoms with Crippen molar-refractivity contribution in [1.29, 1.82) is 0 Å². The Bertz CT molecular complexity index is 749. The second kappa shape index (κ2) is 12.1. The van der Waals surface area contributed by atoms with Gasteiger partial charge in [-0.05, 0) is 37.3 Å². The molecule has 0 saturated carbocycles. The number of anilines is 1. The van der Waals surface area contributed by atoms with E-state index in [1.165, 1.54) is 5.56 Å². The van der Waals surface area contributed by atoms with E-state index in [4.69, 9.17) is 5.73 Å². The molecule has 1 aromatic rings. The van der Waals surface area contributed by atoms with Crippen molar-refractivity contribution >= 4 is 47.4 Å². The van der Waals surface area contributed by atoms with E-state index in [1.807, 2.05) is 23.1 Å². The molecule has 8 nitrogen and oxygen atoms in total. The number of hydrogen-bond acceptors (Lipinski definition) is 4. The first-order valence-electron chi connectivity index (χ1n) is 10.4. The van der Waals surface area contributed by atoms with Crippen LogP contribution in [-0.4, -0.2) is 68.5 Å². The van der Waals surface area contributed by atoms with Crippen LogP contribution in [0.15, 0.2) is 29.3 Å². The zero-order valence-corrected chi connectivity index (χ0v) is 19.9. The molecule has 9 heteroatoms. The van der Waals surface area contributed by atoms with E-state index < -0.39 is 0 Å². The van der Waals surface area contributed by atoms with Crippen LogP contribution in [-0.2, 0) is 16.0 Å². The lowest BCUT2D eigenvalue weighted by molar-refractivity contribution is -0.119. The third-order valence-electron chi connectivity index (χ3n) is 5.58. The van der Waals surface area contributed by atoms with Crippen molar-refractivity contribution in [1.82, 2.24) is 15.5 Å². The average Bonchev–Trinajstić information content (AvgIpc) is 3.15. The fourth-order valence-corrected chi connectivity index (χ4v) is 4.02. The molecule has 1 saturated heterocycles. The standard InChI is InChI=1S/C21H32N6O2.HI/c1-23-21(25-17-9-12-26(13-10-17)15-19(22)28)24-11-4-7-20(29)27-14-8-16-5-2-3-6-18(16)27;/h2-3,5-6,17H,4,7-15H2,1H3,(H2,22,28)(H2,23,24,25);1H. The Hall–Kier alpha value is -1.88. The molecule has 0 unspecified atom stereocenters.